The van der Waals surface area contributed by atoms with Crippen LogP contribution in [0.1, 0.15) is 55.4 Å². The first-order valence-corrected chi connectivity index (χ1v) is 24.1. The number of hydrogen-bond donors (Lipinski definition) is 0. The van der Waals surface area contributed by atoms with Crippen molar-refractivity contribution >= 4 is 59.1 Å². The predicted molar refractivity (Wildman–Crippen MR) is 260 cm³/mol. The number of pyridine rings is 2. The van der Waals surface area contributed by atoms with Crippen LogP contribution < -0.4 is 4.74 Å². The van der Waals surface area contributed by atoms with E-state index in [-0.39, 0.29) is 39.8 Å². The third kappa shape index (κ3) is 7.85. The number of fused-ring (bicyclic) bond motifs is 3. The van der Waals surface area contributed by atoms with Gasteiger partial charge in [0.2, 0.25) is 0 Å². The summed E-state index contributed by atoms with van der Waals surface area (Å²) >= 11 is -0.236. The van der Waals surface area contributed by atoms with Gasteiger partial charge in [-0.3, -0.25) is 0 Å². The van der Waals surface area contributed by atoms with Crippen LogP contribution in [-0.2, 0) is 10.8 Å². The first-order chi connectivity index (χ1) is 30.3. The van der Waals surface area contributed by atoms with E-state index < -0.39 is 0 Å². The van der Waals surface area contributed by atoms with Crippen LogP contribution in [-0.4, -0.2) is 39.0 Å². The van der Waals surface area contributed by atoms with Crippen molar-refractivity contribution in [3.8, 4) is 65.1 Å². The molecule has 0 spiro atoms. The number of ether oxygens (including phenoxy) is 1. The molecule has 0 N–H and O–H groups in total. The van der Waals surface area contributed by atoms with Gasteiger partial charge >= 0.3 is 375 Å². The summed E-state index contributed by atoms with van der Waals surface area (Å²) in [6.07, 6.45) is 3.68. The summed E-state index contributed by atoms with van der Waals surface area (Å²) in [4.78, 5) is 10.0. The molecule has 5 heteroatoms. The molecule has 0 unspecified atom stereocenters. The fourth-order valence-corrected chi connectivity index (χ4v) is 12.6. The normalized spacial score (nSPS) is 12.6. The molecular weight excluding hydrogens is 875 g/mol. The molecule has 0 bridgehead atoms. The van der Waals surface area contributed by atoms with Gasteiger partial charge in [0, 0.05) is 0 Å². The van der Waals surface area contributed by atoms with E-state index in [1.807, 2.05) is 30.6 Å². The Morgan fingerprint density at radius 2 is 0.967 bits per heavy atom. The molecule has 4 heterocycles. The molecule has 0 aliphatic heterocycles. The monoisotopic (exact) mass is 924 g/mol. The molecule has 3 nitrogen and oxygen atoms in total. The predicted octanol–water partition coefficient (Wildman–Crippen LogP) is 14.8. The van der Waals surface area contributed by atoms with Gasteiger partial charge in [0.15, 0.2) is 0 Å². The molecule has 4 aromatic heterocycles. The van der Waals surface area contributed by atoms with Gasteiger partial charge < -0.3 is 0 Å². The van der Waals surface area contributed by atoms with E-state index in [9.17, 15) is 2.74 Å². The van der Waals surface area contributed by atoms with E-state index in [2.05, 4.69) is 169 Å². The first-order valence-electron chi connectivity index (χ1n) is 21.7. The quantitative estimate of drug-likeness (QED) is 0.149. The molecule has 6 aromatic carbocycles. The van der Waals surface area contributed by atoms with Crippen molar-refractivity contribution in [3.63, 3.8) is 0 Å². The molecule has 0 atom stereocenters. The summed E-state index contributed by atoms with van der Waals surface area (Å²) in [5, 5.41) is 3.94. The van der Waals surface area contributed by atoms with Gasteiger partial charge in [0.1, 0.15) is 0 Å². The molecule has 0 aliphatic rings. The van der Waals surface area contributed by atoms with Crippen LogP contribution in [0.5, 0.6) is 11.5 Å². The molecule has 10 aromatic rings. The number of nitrogens with zero attached hydrogens (tertiary/aromatic N) is 2. The van der Waals surface area contributed by atoms with E-state index in [4.69, 9.17) is 14.7 Å². The molecule has 0 fully saturated rings. The van der Waals surface area contributed by atoms with Crippen molar-refractivity contribution in [2.45, 2.75) is 52.4 Å². The molecule has 0 saturated heterocycles. The second-order valence-electron chi connectivity index (χ2n) is 17.7. The second kappa shape index (κ2) is 15.6. The van der Waals surface area contributed by atoms with Crippen molar-refractivity contribution in [3.05, 3.63) is 181 Å². The minimum absolute atomic E-state index is 0.0570. The maximum atomic E-state index is 9.35. The Labute approximate surface area is 373 Å². The van der Waals surface area contributed by atoms with Gasteiger partial charge in [0.25, 0.3) is 0 Å². The molecule has 0 radical (unpaired) electrons. The average Bonchev–Trinajstić information content (AvgIpc) is 3.82. The van der Waals surface area contributed by atoms with Crippen LogP contribution in [0.3, 0.4) is 0 Å². The van der Waals surface area contributed by atoms with E-state index in [0.29, 0.717) is 17.8 Å². The fourth-order valence-electron chi connectivity index (χ4n) is 7.93. The summed E-state index contributed by atoms with van der Waals surface area (Å²) in [5.41, 5.74) is 10.7. The van der Waals surface area contributed by atoms with Crippen molar-refractivity contribution in [2.75, 3.05) is 0 Å². The Morgan fingerprint density at radius 3 is 1.52 bits per heavy atom. The number of rotatable bonds is 7. The SMILES string of the molecule is [2H]c1c(-c2ccc(C(C)(C)C)cc2)[se]c2c(-c3cc(Oc4cc(-c5nccc6c([2H])c(-c7ccc(C(C)(C)C)cc7)[se]c56)cc5ccccc45)cc(-c4ccccc4)c3)nccc12. The molecule has 0 amide bonds. The van der Waals surface area contributed by atoms with Gasteiger partial charge in [-0.05, 0) is 0 Å². The molecule has 0 aliphatic carbocycles. The topological polar surface area (TPSA) is 35.0 Å². The molecule has 0 saturated carbocycles. The van der Waals surface area contributed by atoms with Crippen molar-refractivity contribution in [2.24, 2.45) is 0 Å². The van der Waals surface area contributed by atoms with Crippen LogP contribution in [0.4, 0.5) is 0 Å². The van der Waals surface area contributed by atoms with E-state index in [1.165, 1.54) is 11.1 Å². The number of benzene rings is 6. The Hall–Kier alpha value is -5.80. The molecular formula is C56H46N2OSe2. The molecule has 298 valence electrons. The van der Waals surface area contributed by atoms with Gasteiger partial charge in [-0.25, -0.2) is 0 Å². The standard InChI is InChI=1S/C56H46N2OSe2/c1-55(2,3)44-20-16-36(17-21-44)49-33-39-24-26-57-51(53(39)60-49)42-29-41(35-12-8-7-9-13-35)30-46(31-42)59-48-32-43(28-38-14-10-11-15-47(38)48)52-54-40(25-27-58-52)34-50(61-54)37-18-22-45(23-19-37)56(4,5)6/h7-34H,1-6H3/i33D,34D. The number of aromatic nitrogens is 2. The van der Waals surface area contributed by atoms with Crippen molar-refractivity contribution in [1.82, 2.24) is 9.97 Å². The van der Waals surface area contributed by atoms with Crippen molar-refractivity contribution in [1.29, 1.82) is 0 Å². The third-order valence-corrected chi connectivity index (χ3v) is 16.2. The van der Waals surface area contributed by atoms with Crippen LogP contribution in [0.25, 0.3) is 83.7 Å². The summed E-state index contributed by atoms with van der Waals surface area (Å²) in [7, 11) is 0. The summed E-state index contributed by atoms with van der Waals surface area (Å²) < 4.78 is 30.1. The summed E-state index contributed by atoms with van der Waals surface area (Å²) in [6.45, 7) is 13.4. The zero-order valence-corrected chi connectivity index (χ0v) is 38.6. The third-order valence-electron chi connectivity index (χ3n) is 11.4. The Balaban J connectivity index is 1.09. The minimum atomic E-state index is -0.123. The molecule has 61 heavy (non-hydrogen) atoms. The van der Waals surface area contributed by atoms with Crippen LogP contribution in [0.2, 0.25) is 0 Å². The van der Waals surface area contributed by atoms with Crippen molar-refractivity contribution < 1.29 is 7.48 Å². The van der Waals surface area contributed by atoms with Crippen LogP contribution in [0, 0.1) is 0 Å². The van der Waals surface area contributed by atoms with Crippen LogP contribution >= 0.6 is 0 Å². The maximum absolute atomic E-state index is 9.35. The Bertz CT molecular complexity index is 3340. The van der Waals surface area contributed by atoms with E-state index in [1.54, 1.807) is 0 Å². The first kappa shape index (κ1) is 37.0. The summed E-state index contributed by atoms with van der Waals surface area (Å²) in [6, 6.07) is 52.2. The van der Waals surface area contributed by atoms with Gasteiger partial charge in [-0.1, -0.05) is 0 Å². The fraction of sp³-hybridized carbons (Fsp3) is 0.143. The molecule has 10 rings (SSSR count). The van der Waals surface area contributed by atoms with E-state index >= 15 is 0 Å². The van der Waals surface area contributed by atoms with Gasteiger partial charge in [0.05, 0.1) is 0 Å². The zero-order valence-electron chi connectivity index (χ0n) is 37.1. The Kier molecular flexibility index (Phi) is 9.46. The average molecular weight is 923 g/mol. The Morgan fingerprint density at radius 1 is 0.459 bits per heavy atom. The second-order valence-corrected chi connectivity index (χ2v) is 22.0. The van der Waals surface area contributed by atoms with Gasteiger partial charge in [-0.2, -0.15) is 0 Å². The number of hydrogen-bond acceptors (Lipinski definition) is 3. The van der Waals surface area contributed by atoms with Crippen LogP contribution in [0.15, 0.2) is 170 Å². The van der Waals surface area contributed by atoms with E-state index in [0.717, 1.165) is 89.5 Å². The summed E-state index contributed by atoms with van der Waals surface area (Å²) in [5.74, 6) is 1.43. The zero-order chi connectivity index (χ0) is 43.6. The van der Waals surface area contributed by atoms with Gasteiger partial charge in [-0.15, -0.1) is 0 Å².